The Morgan fingerprint density at radius 1 is 1.38 bits per heavy atom. The smallest absolute Gasteiger partial charge is 0.227 e. The van der Waals surface area contributed by atoms with Gasteiger partial charge in [-0.2, -0.15) is 0 Å². The summed E-state index contributed by atoms with van der Waals surface area (Å²) in [5.74, 6) is -0.633. The van der Waals surface area contributed by atoms with Gasteiger partial charge in [0.2, 0.25) is 5.91 Å². The second-order valence-corrected chi connectivity index (χ2v) is 8.59. The molecule has 1 aromatic heterocycles. The first kappa shape index (κ1) is 16.1. The van der Waals surface area contributed by atoms with Gasteiger partial charge in [0.15, 0.2) is 20.8 Å². The van der Waals surface area contributed by atoms with Crippen LogP contribution in [0.1, 0.15) is 48.7 Å². The Bertz CT molecular complexity index is 630. The second-order valence-electron chi connectivity index (χ2n) is 5.16. The summed E-state index contributed by atoms with van der Waals surface area (Å²) >= 11 is 1.09. The van der Waals surface area contributed by atoms with Gasteiger partial charge >= 0.3 is 0 Å². The minimum atomic E-state index is -3.19. The van der Waals surface area contributed by atoms with E-state index in [9.17, 15) is 18.0 Å². The monoisotopic (exact) mass is 330 g/mol. The van der Waals surface area contributed by atoms with E-state index in [4.69, 9.17) is 0 Å². The number of sulfone groups is 1. The molecule has 1 heterocycles. The number of thiazole rings is 1. The summed E-state index contributed by atoms with van der Waals surface area (Å²) < 4.78 is 24.1. The van der Waals surface area contributed by atoms with Gasteiger partial charge in [-0.3, -0.25) is 9.59 Å². The second kappa shape index (κ2) is 6.65. The largest absolute Gasteiger partial charge is 0.302 e. The van der Waals surface area contributed by atoms with Crippen molar-refractivity contribution in [2.45, 2.75) is 44.3 Å². The number of nitrogens with zero attached hydrogens (tertiary/aromatic N) is 1. The van der Waals surface area contributed by atoms with Crippen LogP contribution in [-0.4, -0.2) is 36.1 Å². The Hall–Kier alpha value is -1.28. The Labute approximate surface area is 127 Å². The Kier molecular flexibility index (Phi) is 5.10. The van der Waals surface area contributed by atoms with E-state index in [1.165, 1.54) is 13.1 Å². The number of anilines is 1. The van der Waals surface area contributed by atoms with Crippen molar-refractivity contribution in [1.82, 2.24) is 4.98 Å². The highest BCUT2D eigenvalue weighted by molar-refractivity contribution is 7.92. The maximum atomic E-state index is 12.0. The number of aromatic nitrogens is 1. The first-order valence-corrected chi connectivity index (χ1v) is 9.40. The molecule has 0 atom stereocenters. The summed E-state index contributed by atoms with van der Waals surface area (Å²) in [4.78, 5) is 27.3. The predicted molar refractivity (Wildman–Crippen MR) is 81.4 cm³/mol. The van der Waals surface area contributed by atoms with Crippen LogP contribution in [0, 0.1) is 0 Å². The van der Waals surface area contributed by atoms with Crippen LogP contribution in [0.5, 0.6) is 0 Å². The molecule has 1 fully saturated rings. The van der Waals surface area contributed by atoms with Gasteiger partial charge < -0.3 is 5.32 Å². The molecule has 1 amide bonds. The average molecular weight is 330 g/mol. The summed E-state index contributed by atoms with van der Waals surface area (Å²) in [6.07, 6.45) is 4.63. The molecule has 0 saturated heterocycles. The highest BCUT2D eigenvalue weighted by atomic mass is 32.2. The molecule has 1 aliphatic carbocycles. The average Bonchev–Trinajstić information content (AvgIpc) is 3.07. The van der Waals surface area contributed by atoms with E-state index in [1.54, 1.807) is 0 Å². The topological polar surface area (TPSA) is 93.2 Å². The molecule has 116 valence electrons. The summed E-state index contributed by atoms with van der Waals surface area (Å²) in [6.45, 7) is 1.42. The zero-order chi connectivity index (χ0) is 15.5. The van der Waals surface area contributed by atoms with Gasteiger partial charge in [0.1, 0.15) is 0 Å². The predicted octanol–water partition coefficient (Wildman–Crippen LogP) is 2.03. The maximum absolute atomic E-state index is 12.0. The van der Waals surface area contributed by atoms with Gasteiger partial charge in [0.05, 0.1) is 22.1 Å². The van der Waals surface area contributed by atoms with Gasteiger partial charge in [0.25, 0.3) is 0 Å². The molecule has 1 aliphatic rings. The molecule has 1 aromatic rings. The normalized spacial score (nSPS) is 16.0. The molecule has 0 aromatic carbocycles. The number of amides is 1. The van der Waals surface area contributed by atoms with Crippen LogP contribution >= 0.6 is 11.3 Å². The lowest BCUT2D eigenvalue weighted by Crippen LogP contribution is -2.24. The first-order valence-electron chi connectivity index (χ1n) is 6.86. The van der Waals surface area contributed by atoms with E-state index in [1.807, 2.05) is 0 Å². The fourth-order valence-corrected chi connectivity index (χ4v) is 4.91. The molecule has 6 nitrogen and oxygen atoms in total. The summed E-state index contributed by atoms with van der Waals surface area (Å²) in [5, 5.41) is 2.57. The number of carbonyl (C=O) groups excluding carboxylic acids is 2. The molecule has 0 radical (unpaired) electrons. The minimum absolute atomic E-state index is 0.0756. The molecule has 1 N–H and O–H groups in total. The van der Waals surface area contributed by atoms with Crippen molar-refractivity contribution in [3.05, 3.63) is 11.1 Å². The SMILES string of the molecule is CC(=O)c1cnc(NC(=O)CCS(=O)(=O)C2CCCC2)s1. The van der Waals surface area contributed by atoms with Gasteiger partial charge in [-0.1, -0.05) is 24.2 Å². The minimum Gasteiger partial charge on any atom is -0.302 e. The number of rotatable bonds is 6. The van der Waals surface area contributed by atoms with Gasteiger partial charge in [-0.15, -0.1) is 0 Å². The first-order chi connectivity index (χ1) is 9.88. The van der Waals surface area contributed by atoms with Crippen LogP contribution in [0.4, 0.5) is 5.13 Å². The van der Waals surface area contributed by atoms with Crippen LogP contribution in [0.15, 0.2) is 6.20 Å². The van der Waals surface area contributed by atoms with E-state index < -0.39 is 9.84 Å². The number of Topliss-reactive ketones (excluding diaryl/α,β-unsaturated/α-hetero) is 1. The van der Waals surface area contributed by atoms with Gasteiger partial charge in [0, 0.05) is 13.3 Å². The van der Waals surface area contributed by atoms with Crippen LogP contribution in [-0.2, 0) is 14.6 Å². The maximum Gasteiger partial charge on any atom is 0.227 e. The third-order valence-electron chi connectivity index (χ3n) is 3.52. The summed E-state index contributed by atoms with van der Waals surface area (Å²) in [6, 6.07) is 0. The molecule has 2 rings (SSSR count). The lowest BCUT2D eigenvalue weighted by atomic mass is 10.4. The number of hydrogen-bond donors (Lipinski definition) is 1. The molecule has 0 spiro atoms. The highest BCUT2D eigenvalue weighted by Crippen LogP contribution is 2.25. The van der Waals surface area contributed by atoms with Gasteiger partial charge in [-0.05, 0) is 12.8 Å². The number of nitrogens with one attached hydrogen (secondary N) is 1. The number of ketones is 1. The van der Waals surface area contributed by atoms with Gasteiger partial charge in [-0.25, -0.2) is 13.4 Å². The summed E-state index contributed by atoms with van der Waals surface area (Å²) in [7, 11) is -3.19. The molecule has 0 unspecified atom stereocenters. The fraction of sp³-hybridized carbons (Fsp3) is 0.615. The van der Waals surface area contributed by atoms with E-state index in [0.29, 0.717) is 22.9 Å². The van der Waals surface area contributed by atoms with Crippen LogP contribution < -0.4 is 5.32 Å². The molecule has 0 bridgehead atoms. The highest BCUT2D eigenvalue weighted by Gasteiger charge is 2.28. The molecule has 1 saturated carbocycles. The van der Waals surface area contributed by atoms with Crippen molar-refractivity contribution >= 4 is 38.0 Å². The third kappa shape index (κ3) is 4.34. The van der Waals surface area contributed by atoms with Crippen molar-refractivity contribution < 1.29 is 18.0 Å². The molecular weight excluding hydrogens is 312 g/mol. The van der Waals surface area contributed by atoms with E-state index in [0.717, 1.165) is 24.2 Å². The standard InChI is InChI=1S/C13H18N2O4S2/c1-9(16)11-8-14-13(20-11)15-12(17)6-7-21(18,19)10-4-2-3-5-10/h8,10H,2-7H2,1H3,(H,14,15,17). The molecule has 21 heavy (non-hydrogen) atoms. The van der Waals surface area contributed by atoms with E-state index >= 15 is 0 Å². The van der Waals surface area contributed by atoms with Crippen LogP contribution in [0.25, 0.3) is 0 Å². The molecule has 8 heteroatoms. The lowest BCUT2D eigenvalue weighted by Gasteiger charge is -2.10. The number of hydrogen-bond acceptors (Lipinski definition) is 6. The van der Waals surface area contributed by atoms with Crippen LogP contribution in [0.2, 0.25) is 0 Å². The molecular formula is C13H18N2O4S2. The van der Waals surface area contributed by atoms with Crippen molar-refractivity contribution in [2.24, 2.45) is 0 Å². The van der Waals surface area contributed by atoms with E-state index in [2.05, 4.69) is 10.3 Å². The quantitative estimate of drug-likeness (QED) is 0.806. The van der Waals surface area contributed by atoms with Crippen molar-refractivity contribution in [3.63, 3.8) is 0 Å². The zero-order valence-electron chi connectivity index (χ0n) is 11.8. The lowest BCUT2D eigenvalue weighted by molar-refractivity contribution is -0.115. The van der Waals surface area contributed by atoms with Crippen LogP contribution in [0.3, 0.4) is 0 Å². The molecule has 0 aliphatic heterocycles. The third-order valence-corrected chi connectivity index (χ3v) is 6.80. The Balaban J connectivity index is 1.85. The van der Waals surface area contributed by atoms with Crippen molar-refractivity contribution in [1.29, 1.82) is 0 Å². The Morgan fingerprint density at radius 2 is 2.05 bits per heavy atom. The Morgan fingerprint density at radius 3 is 2.62 bits per heavy atom. The fourth-order valence-electron chi connectivity index (χ4n) is 2.33. The summed E-state index contributed by atoms with van der Waals surface area (Å²) in [5.41, 5.74) is 0. The van der Waals surface area contributed by atoms with Crippen molar-refractivity contribution in [3.8, 4) is 0 Å². The van der Waals surface area contributed by atoms with E-state index in [-0.39, 0.29) is 29.1 Å². The van der Waals surface area contributed by atoms with Crippen molar-refractivity contribution in [2.75, 3.05) is 11.1 Å². The number of carbonyl (C=O) groups is 2. The zero-order valence-corrected chi connectivity index (χ0v) is 13.4.